The molecular weight excluding hydrogens is 330 g/mol. The number of carbonyl (C=O) groups excluding carboxylic acids is 1. The minimum atomic E-state index is -1.12. The van der Waals surface area contributed by atoms with Crippen LogP contribution in [-0.4, -0.2) is 34.6 Å². The van der Waals surface area contributed by atoms with Crippen molar-refractivity contribution in [2.75, 3.05) is 6.54 Å². The normalized spacial score (nSPS) is 11.4. The standard InChI is InChI=1S/C20H21N3O3/c1-15(19(24)25)23(14-8-13-21)20(26)22-18(16-9-4-2-5-10-16)17-11-6-3-7-12-17/h2-7,9-12,15,18H,8,14H2,1H3,(H,22,26)(H,24,25). The van der Waals surface area contributed by atoms with Gasteiger partial charge in [0.2, 0.25) is 0 Å². The fourth-order valence-corrected chi connectivity index (χ4v) is 2.63. The maximum absolute atomic E-state index is 12.8. The number of carboxylic acids is 1. The number of nitrogens with zero attached hydrogens (tertiary/aromatic N) is 2. The van der Waals surface area contributed by atoms with Gasteiger partial charge in [0.1, 0.15) is 6.04 Å². The van der Waals surface area contributed by atoms with Crippen LogP contribution in [0.2, 0.25) is 0 Å². The molecule has 2 amide bonds. The van der Waals surface area contributed by atoms with Crippen LogP contribution in [0.4, 0.5) is 4.79 Å². The summed E-state index contributed by atoms with van der Waals surface area (Å²) < 4.78 is 0. The van der Waals surface area contributed by atoms with Crippen LogP contribution in [0.5, 0.6) is 0 Å². The molecule has 0 fully saturated rings. The molecule has 0 aliphatic heterocycles. The van der Waals surface area contributed by atoms with Crippen LogP contribution in [0.1, 0.15) is 30.5 Å². The largest absolute Gasteiger partial charge is 0.480 e. The van der Waals surface area contributed by atoms with E-state index in [0.717, 1.165) is 11.1 Å². The number of urea groups is 1. The van der Waals surface area contributed by atoms with Crippen LogP contribution >= 0.6 is 0 Å². The maximum atomic E-state index is 12.8. The predicted molar refractivity (Wildman–Crippen MR) is 97.3 cm³/mol. The van der Waals surface area contributed by atoms with E-state index in [0.29, 0.717) is 0 Å². The Balaban J connectivity index is 2.30. The van der Waals surface area contributed by atoms with E-state index in [1.54, 1.807) is 0 Å². The Morgan fingerprint density at radius 3 is 2.00 bits per heavy atom. The Morgan fingerprint density at radius 2 is 1.58 bits per heavy atom. The van der Waals surface area contributed by atoms with Crippen LogP contribution in [0.25, 0.3) is 0 Å². The van der Waals surface area contributed by atoms with Crippen molar-refractivity contribution in [3.63, 3.8) is 0 Å². The van der Waals surface area contributed by atoms with Crippen LogP contribution in [0.15, 0.2) is 60.7 Å². The van der Waals surface area contributed by atoms with Crippen molar-refractivity contribution in [3.8, 4) is 6.07 Å². The van der Waals surface area contributed by atoms with Gasteiger partial charge in [0, 0.05) is 6.54 Å². The van der Waals surface area contributed by atoms with Gasteiger partial charge < -0.3 is 15.3 Å². The minimum absolute atomic E-state index is 0.0477. The monoisotopic (exact) mass is 351 g/mol. The van der Waals surface area contributed by atoms with Gasteiger partial charge in [-0.3, -0.25) is 0 Å². The molecule has 0 heterocycles. The smallest absolute Gasteiger partial charge is 0.326 e. The highest BCUT2D eigenvalue weighted by Crippen LogP contribution is 2.22. The van der Waals surface area contributed by atoms with E-state index in [9.17, 15) is 14.7 Å². The maximum Gasteiger partial charge on any atom is 0.326 e. The molecule has 6 nitrogen and oxygen atoms in total. The predicted octanol–water partition coefficient (Wildman–Crippen LogP) is 3.17. The topological polar surface area (TPSA) is 93.4 Å². The number of hydrogen-bond donors (Lipinski definition) is 2. The van der Waals surface area contributed by atoms with E-state index in [1.165, 1.54) is 11.8 Å². The number of carboxylic acid groups (broad SMARTS) is 1. The fourth-order valence-electron chi connectivity index (χ4n) is 2.63. The zero-order chi connectivity index (χ0) is 18.9. The number of nitrogens with one attached hydrogen (secondary N) is 1. The molecular formula is C20H21N3O3. The molecule has 2 aromatic carbocycles. The number of nitriles is 1. The Kier molecular flexibility index (Phi) is 6.75. The summed E-state index contributed by atoms with van der Waals surface area (Å²) in [4.78, 5) is 25.3. The summed E-state index contributed by atoms with van der Waals surface area (Å²) in [6.07, 6.45) is 0.0619. The first-order valence-corrected chi connectivity index (χ1v) is 8.31. The summed E-state index contributed by atoms with van der Waals surface area (Å²) in [6, 6.07) is 18.9. The molecule has 2 N–H and O–H groups in total. The average molecular weight is 351 g/mol. The molecule has 26 heavy (non-hydrogen) atoms. The molecule has 1 unspecified atom stereocenters. The number of carbonyl (C=O) groups is 2. The number of hydrogen-bond acceptors (Lipinski definition) is 3. The summed E-state index contributed by atoms with van der Waals surface area (Å²) in [5, 5.41) is 21.0. The summed E-state index contributed by atoms with van der Waals surface area (Å²) >= 11 is 0. The number of rotatable bonds is 7. The molecule has 0 aromatic heterocycles. The van der Waals surface area contributed by atoms with Gasteiger partial charge in [-0.15, -0.1) is 0 Å². The Hall–Kier alpha value is -3.33. The quantitative estimate of drug-likeness (QED) is 0.801. The lowest BCUT2D eigenvalue weighted by atomic mass is 9.99. The van der Waals surface area contributed by atoms with E-state index in [1.807, 2.05) is 66.7 Å². The van der Waals surface area contributed by atoms with Crippen LogP contribution in [-0.2, 0) is 4.79 Å². The van der Waals surface area contributed by atoms with Gasteiger partial charge in [0.25, 0.3) is 0 Å². The molecule has 134 valence electrons. The molecule has 0 radical (unpaired) electrons. The zero-order valence-electron chi connectivity index (χ0n) is 14.5. The fraction of sp³-hybridized carbons (Fsp3) is 0.250. The number of amides is 2. The van der Waals surface area contributed by atoms with Gasteiger partial charge in [-0.1, -0.05) is 60.7 Å². The average Bonchev–Trinajstić information content (AvgIpc) is 2.67. The van der Waals surface area contributed by atoms with Crippen molar-refractivity contribution in [1.29, 1.82) is 5.26 Å². The highest BCUT2D eigenvalue weighted by atomic mass is 16.4. The van der Waals surface area contributed by atoms with Gasteiger partial charge in [-0.25, -0.2) is 9.59 Å². The molecule has 1 atom stereocenters. The number of benzene rings is 2. The van der Waals surface area contributed by atoms with Crippen LogP contribution in [0.3, 0.4) is 0 Å². The van der Waals surface area contributed by atoms with Gasteiger partial charge in [-0.05, 0) is 18.1 Å². The third-order valence-corrected chi connectivity index (χ3v) is 4.08. The number of aliphatic carboxylic acids is 1. The highest BCUT2D eigenvalue weighted by molar-refractivity contribution is 5.82. The van der Waals surface area contributed by atoms with E-state index in [4.69, 9.17) is 5.26 Å². The second kappa shape index (κ2) is 9.23. The molecule has 0 aliphatic rings. The van der Waals surface area contributed by atoms with Crippen molar-refractivity contribution in [3.05, 3.63) is 71.8 Å². The molecule has 0 spiro atoms. The Bertz CT molecular complexity index is 732. The lowest BCUT2D eigenvalue weighted by molar-refractivity contribution is -0.141. The molecule has 0 aliphatic carbocycles. The summed E-state index contributed by atoms with van der Waals surface area (Å²) in [7, 11) is 0. The van der Waals surface area contributed by atoms with Gasteiger partial charge in [0.15, 0.2) is 0 Å². The second-order valence-corrected chi connectivity index (χ2v) is 5.82. The molecule has 0 saturated heterocycles. The van der Waals surface area contributed by atoms with Crippen molar-refractivity contribution in [2.45, 2.75) is 25.4 Å². The van der Waals surface area contributed by atoms with E-state index in [2.05, 4.69) is 5.32 Å². The third-order valence-electron chi connectivity index (χ3n) is 4.08. The van der Waals surface area contributed by atoms with Crippen LogP contribution in [0, 0.1) is 11.3 Å². The van der Waals surface area contributed by atoms with Crippen LogP contribution < -0.4 is 5.32 Å². The first kappa shape index (κ1) is 19.0. The lowest BCUT2D eigenvalue weighted by Gasteiger charge is -2.29. The first-order valence-electron chi connectivity index (χ1n) is 8.31. The van der Waals surface area contributed by atoms with E-state index in [-0.39, 0.29) is 13.0 Å². The molecule has 2 rings (SSSR count). The molecule has 0 bridgehead atoms. The van der Waals surface area contributed by atoms with Gasteiger partial charge in [0.05, 0.1) is 18.5 Å². The summed E-state index contributed by atoms with van der Waals surface area (Å²) in [5.41, 5.74) is 1.77. The Morgan fingerprint density at radius 1 is 1.08 bits per heavy atom. The van der Waals surface area contributed by atoms with E-state index >= 15 is 0 Å². The highest BCUT2D eigenvalue weighted by Gasteiger charge is 2.27. The van der Waals surface area contributed by atoms with Crippen molar-refractivity contribution in [2.24, 2.45) is 0 Å². The molecule has 0 saturated carbocycles. The summed E-state index contributed by atoms with van der Waals surface area (Å²) in [5.74, 6) is -1.12. The van der Waals surface area contributed by atoms with Crippen molar-refractivity contribution < 1.29 is 14.7 Å². The first-order chi connectivity index (χ1) is 12.5. The molecule has 6 heteroatoms. The van der Waals surface area contributed by atoms with Gasteiger partial charge in [-0.2, -0.15) is 5.26 Å². The second-order valence-electron chi connectivity index (χ2n) is 5.82. The summed E-state index contributed by atoms with van der Waals surface area (Å²) in [6.45, 7) is 1.48. The van der Waals surface area contributed by atoms with E-state index < -0.39 is 24.1 Å². The zero-order valence-corrected chi connectivity index (χ0v) is 14.5. The minimum Gasteiger partial charge on any atom is -0.480 e. The van der Waals surface area contributed by atoms with Crippen molar-refractivity contribution in [1.82, 2.24) is 10.2 Å². The SMILES string of the molecule is CC(C(=O)O)N(CCC#N)C(=O)NC(c1ccccc1)c1ccccc1. The molecule has 2 aromatic rings. The van der Waals surface area contributed by atoms with Crippen molar-refractivity contribution >= 4 is 12.0 Å². The van der Waals surface area contributed by atoms with Gasteiger partial charge >= 0.3 is 12.0 Å². The third kappa shape index (κ3) is 4.84. The lowest BCUT2D eigenvalue weighted by Crippen LogP contribution is -2.49. The Labute approximate surface area is 152 Å².